The number of nitrogens with one attached hydrogen (secondary N) is 2. The van der Waals surface area contributed by atoms with Crippen molar-refractivity contribution in [2.45, 2.75) is 206 Å². The summed E-state index contributed by atoms with van der Waals surface area (Å²) >= 11 is 0. The largest absolute Gasteiger partial charge is 0.370 e. The van der Waals surface area contributed by atoms with Crippen LogP contribution in [0.4, 0.5) is 0 Å². The number of rotatable bonds is 35. The van der Waals surface area contributed by atoms with Gasteiger partial charge in [-0.1, -0.05) is 161 Å². The Morgan fingerprint density at radius 2 is 1.00 bits per heavy atom. The van der Waals surface area contributed by atoms with Crippen LogP contribution in [0.3, 0.4) is 0 Å². The molecule has 0 aromatic rings. The number of carbonyl (C=O) groups is 2. The van der Waals surface area contributed by atoms with Gasteiger partial charge in [0.15, 0.2) is 5.96 Å². The highest BCUT2D eigenvalue weighted by atomic mass is 16.2. The minimum absolute atomic E-state index is 0.00110. The fourth-order valence-electron chi connectivity index (χ4n) is 5.87. The third kappa shape index (κ3) is 33.3. The molecule has 6 N–H and O–H groups in total. The molecule has 1 atom stereocenters. The monoisotopic (exact) mass is 648 g/mol. The molecule has 0 fully saturated rings. The summed E-state index contributed by atoms with van der Waals surface area (Å²) in [5.41, 5.74) is 10.9. The van der Waals surface area contributed by atoms with E-state index in [1.165, 1.54) is 135 Å². The molecular weight excluding hydrogens is 570 g/mol. The maximum atomic E-state index is 12.9. The first-order valence-electron chi connectivity index (χ1n) is 19.8. The lowest BCUT2D eigenvalue weighted by Gasteiger charge is -2.18. The van der Waals surface area contributed by atoms with E-state index in [0.717, 1.165) is 38.5 Å². The van der Waals surface area contributed by atoms with E-state index < -0.39 is 6.04 Å². The van der Waals surface area contributed by atoms with Crippen molar-refractivity contribution in [3.8, 4) is 0 Å². The zero-order valence-corrected chi connectivity index (χ0v) is 30.6. The molecule has 0 aliphatic heterocycles. The van der Waals surface area contributed by atoms with Crippen molar-refractivity contribution in [2.75, 3.05) is 13.1 Å². The average Bonchev–Trinajstić information content (AvgIpc) is 3.04. The van der Waals surface area contributed by atoms with Crippen LogP contribution in [0, 0.1) is 0 Å². The molecule has 0 heterocycles. The van der Waals surface area contributed by atoms with Crippen molar-refractivity contribution in [1.82, 2.24) is 10.6 Å². The first-order valence-corrected chi connectivity index (χ1v) is 19.8. The van der Waals surface area contributed by atoms with E-state index in [0.29, 0.717) is 25.9 Å². The first-order chi connectivity index (χ1) is 22.5. The van der Waals surface area contributed by atoms with E-state index in [4.69, 9.17) is 11.5 Å². The Balaban J connectivity index is 3.95. The molecule has 0 aromatic carbocycles. The molecule has 0 rings (SSSR count). The molecule has 46 heavy (non-hydrogen) atoms. The van der Waals surface area contributed by atoms with E-state index >= 15 is 0 Å². The number of allylic oxidation sites excluding steroid dienone is 2. The van der Waals surface area contributed by atoms with Crippen molar-refractivity contribution in [3.63, 3.8) is 0 Å². The summed E-state index contributed by atoms with van der Waals surface area (Å²) in [6, 6.07) is -0.606. The first kappa shape index (κ1) is 43.9. The van der Waals surface area contributed by atoms with Crippen molar-refractivity contribution >= 4 is 17.8 Å². The van der Waals surface area contributed by atoms with Gasteiger partial charge in [0.1, 0.15) is 6.04 Å². The van der Waals surface area contributed by atoms with Crippen molar-refractivity contribution < 1.29 is 9.59 Å². The normalized spacial score (nSPS) is 12.0. The zero-order chi connectivity index (χ0) is 33.8. The molecule has 270 valence electrons. The molecule has 0 bridgehead atoms. The summed E-state index contributed by atoms with van der Waals surface area (Å²) in [7, 11) is 0. The SMILES string of the molecule is CCCCCCCCC=CCCCCCCCC(=O)NC(CCN=C(N)N)C(=O)NCCCCCCCCCCCCCCCC. The molecule has 2 amide bonds. The molecule has 0 aromatic heterocycles. The molecule has 1 unspecified atom stereocenters. The second-order valence-electron chi connectivity index (χ2n) is 13.4. The molecule has 0 aliphatic carbocycles. The fraction of sp³-hybridized carbons (Fsp3) is 0.872. The number of carbonyl (C=O) groups excluding carboxylic acids is 2. The molecule has 0 saturated heterocycles. The van der Waals surface area contributed by atoms with Gasteiger partial charge in [0, 0.05) is 19.5 Å². The predicted octanol–water partition coefficient (Wildman–Crippen LogP) is 9.77. The van der Waals surface area contributed by atoms with Gasteiger partial charge in [-0.15, -0.1) is 0 Å². The molecule has 0 spiro atoms. The second-order valence-corrected chi connectivity index (χ2v) is 13.4. The molecule has 0 radical (unpaired) electrons. The third-order valence-electron chi connectivity index (χ3n) is 8.86. The summed E-state index contributed by atoms with van der Waals surface area (Å²) in [6.45, 7) is 5.49. The lowest BCUT2D eigenvalue weighted by molar-refractivity contribution is -0.129. The fourth-order valence-corrected chi connectivity index (χ4v) is 5.87. The number of aliphatic imine (C=N–C) groups is 1. The van der Waals surface area contributed by atoms with Crippen molar-refractivity contribution in [2.24, 2.45) is 16.5 Å². The number of nitrogens with zero attached hydrogens (tertiary/aromatic N) is 1. The minimum atomic E-state index is -0.606. The third-order valence-corrected chi connectivity index (χ3v) is 8.86. The van der Waals surface area contributed by atoms with Gasteiger partial charge in [0.25, 0.3) is 0 Å². The van der Waals surface area contributed by atoms with Gasteiger partial charge >= 0.3 is 0 Å². The Kier molecular flexibility index (Phi) is 34.2. The van der Waals surface area contributed by atoms with Gasteiger partial charge in [0.2, 0.25) is 11.8 Å². The second kappa shape index (κ2) is 35.8. The summed E-state index contributed by atoms with van der Waals surface area (Å²) in [5, 5.41) is 5.95. The lowest BCUT2D eigenvalue weighted by Crippen LogP contribution is -2.47. The van der Waals surface area contributed by atoms with E-state index in [2.05, 4.69) is 41.6 Å². The van der Waals surface area contributed by atoms with Crippen LogP contribution in [0.5, 0.6) is 0 Å². The van der Waals surface area contributed by atoms with Crippen LogP contribution < -0.4 is 22.1 Å². The zero-order valence-electron chi connectivity index (χ0n) is 30.6. The standard InChI is InChI=1S/C39H77N5O2/c1-3-5-7-9-11-13-15-17-19-20-22-24-26-28-30-32-37(45)44-36(33-35-43-39(40)41)38(46)42-34-31-29-27-25-23-21-18-16-14-12-10-8-6-4-2/h17,19,36H,3-16,18,20-35H2,1-2H3,(H,42,46)(H,44,45)(H4,40,41,43). The van der Waals surface area contributed by atoms with Gasteiger partial charge in [0.05, 0.1) is 0 Å². The van der Waals surface area contributed by atoms with E-state index in [-0.39, 0.29) is 17.8 Å². The van der Waals surface area contributed by atoms with E-state index in [1.807, 2.05) is 0 Å². The van der Waals surface area contributed by atoms with Crippen LogP contribution in [0.1, 0.15) is 200 Å². The highest BCUT2D eigenvalue weighted by Crippen LogP contribution is 2.13. The highest BCUT2D eigenvalue weighted by molar-refractivity contribution is 5.87. The Labute approximate surface area is 285 Å². The number of hydrogen-bond acceptors (Lipinski definition) is 3. The van der Waals surface area contributed by atoms with E-state index in [1.54, 1.807) is 0 Å². The number of hydrogen-bond donors (Lipinski definition) is 4. The summed E-state index contributed by atoms with van der Waals surface area (Å²) in [5.74, 6) is -0.210. The number of amides is 2. The van der Waals surface area contributed by atoms with Crippen molar-refractivity contribution in [3.05, 3.63) is 12.2 Å². The van der Waals surface area contributed by atoms with Crippen LogP contribution in [0.25, 0.3) is 0 Å². The minimum Gasteiger partial charge on any atom is -0.370 e. The smallest absolute Gasteiger partial charge is 0.242 e. The molecular formula is C39H77N5O2. The van der Waals surface area contributed by atoms with Gasteiger partial charge in [-0.3, -0.25) is 14.6 Å². The van der Waals surface area contributed by atoms with Crippen molar-refractivity contribution in [1.29, 1.82) is 0 Å². The van der Waals surface area contributed by atoms with Crippen LogP contribution in [-0.4, -0.2) is 36.9 Å². The quantitative estimate of drug-likeness (QED) is 0.0237. The number of guanidine groups is 1. The van der Waals surface area contributed by atoms with Crippen LogP contribution >= 0.6 is 0 Å². The number of unbranched alkanes of at least 4 members (excludes halogenated alkanes) is 24. The summed E-state index contributed by atoms with van der Waals surface area (Å²) in [4.78, 5) is 29.5. The maximum absolute atomic E-state index is 12.9. The number of nitrogens with two attached hydrogens (primary N) is 2. The molecule has 0 aliphatic rings. The Hall–Kier alpha value is -2.05. The predicted molar refractivity (Wildman–Crippen MR) is 200 cm³/mol. The van der Waals surface area contributed by atoms with Gasteiger partial charge in [-0.05, 0) is 44.9 Å². The molecule has 7 nitrogen and oxygen atoms in total. The lowest BCUT2D eigenvalue weighted by atomic mass is 10.0. The molecule has 7 heteroatoms. The molecule has 0 saturated carbocycles. The topological polar surface area (TPSA) is 123 Å². The van der Waals surface area contributed by atoms with Gasteiger partial charge in [-0.2, -0.15) is 0 Å². The van der Waals surface area contributed by atoms with Crippen LogP contribution in [0.2, 0.25) is 0 Å². The highest BCUT2D eigenvalue weighted by Gasteiger charge is 2.20. The Morgan fingerprint density at radius 3 is 1.46 bits per heavy atom. The van der Waals surface area contributed by atoms with Crippen LogP contribution in [-0.2, 0) is 9.59 Å². The summed E-state index contributed by atoms with van der Waals surface area (Å²) in [6.07, 6.45) is 39.8. The van der Waals surface area contributed by atoms with Gasteiger partial charge in [-0.25, -0.2) is 0 Å². The summed E-state index contributed by atoms with van der Waals surface area (Å²) < 4.78 is 0. The Morgan fingerprint density at radius 1 is 0.587 bits per heavy atom. The van der Waals surface area contributed by atoms with Gasteiger partial charge < -0.3 is 22.1 Å². The Bertz CT molecular complexity index is 736. The van der Waals surface area contributed by atoms with E-state index in [9.17, 15) is 9.59 Å². The van der Waals surface area contributed by atoms with Crippen LogP contribution in [0.15, 0.2) is 17.1 Å². The average molecular weight is 648 g/mol. The maximum Gasteiger partial charge on any atom is 0.242 e.